The summed E-state index contributed by atoms with van der Waals surface area (Å²) < 4.78 is 0. The zero-order valence-corrected chi connectivity index (χ0v) is 13.6. The highest BCUT2D eigenvalue weighted by molar-refractivity contribution is 5.83. The molecule has 0 atom stereocenters. The zero-order valence-electron chi connectivity index (χ0n) is 13.6. The van der Waals surface area contributed by atoms with E-state index in [-0.39, 0.29) is 5.41 Å². The Kier molecular flexibility index (Phi) is 5.48. The molecule has 1 aliphatic heterocycles. The fourth-order valence-corrected chi connectivity index (χ4v) is 4.00. The summed E-state index contributed by atoms with van der Waals surface area (Å²) in [7, 11) is 2.02. The van der Waals surface area contributed by atoms with Crippen molar-refractivity contribution in [2.45, 2.75) is 58.8 Å². The lowest BCUT2D eigenvalue weighted by Gasteiger charge is -2.46. The van der Waals surface area contributed by atoms with Crippen molar-refractivity contribution in [3.63, 3.8) is 0 Å². The van der Waals surface area contributed by atoms with Crippen LogP contribution in [-0.2, 0) is 4.79 Å². The van der Waals surface area contributed by atoms with E-state index >= 15 is 0 Å². The van der Waals surface area contributed by atoms with Gasteiger partial charge in [0.2, 0.25) is 5.91 Å². The van der Waals surface area contributed by atoms with E-state index in [9.17, 15) is 4.79 Å². The van der Waals surface area contributed by atoms with E-state index in [1.807, 2.05) is 7.05 Å². The topological polar surface area (TPSA) is 32.3 Å². The van der Waals surface area contributed by atoms with Crippen molar-refractivity contribution >= 4 is 5.91 Å². The predicted molar refractivity (Wildman–Crippen MR) is 83.6 cm³/mol. The van der Waals surface area contributed by atoms with E-state index in [0.29, 0.717) is 11.8 Å². The Hall–Kier alpha value is -0.570. The first-order chi connectivity index (χ1) is 9.57. The Morgan fingerprint density at radius 3 is 2.40 bits per heavy atom. The van der Waals surface area contributed by atoms with E-state index in [1.165, 1.54) is 25.7 Å². The number of piperidine rings is 1. The molecule has 0 aromatic carbocycles. The third-order valence-corrected chi connectivity index (χ3v) is 5.27. The maximum Gasteiger partial charge on any atom is 0.228 e. The molecule has 0 bridgehead atoms. The summed E-state index contributed by atoms with van der Waals surface area (Å²) in [5.41, 5.74) is 0.0198. The molecule has 2 fully saturated rings. The van der Waals surface area contributed by atoms with Crippen molar-refractivity contribution in [3.8, 4) is 0 Å². The molecule has 1 aliphatic carbocycles. The van der Waals surface area contributed by atoms with Crippen LogP contribution in [0.15, 0.2) is 0 Å². The third kappa shape index (κ3) is 3.55. The van der Waals surface area contributed by atoms with Crippen LogP contribution in [0.3, 0.4) is 0 Å². The number of nitrogens with zero attached hydrogens (tertiary/aromatic N) is 1. The van der Waals surface area contributed by atoms with Crippen LogP contribution < -0.4 is 5.32 Å². The van der Waals surface area contributed by atoms with Crippen LogP contribution in [0.5, 0.6) is 0 Å². The summed E-state index contributed by atoms with van der Waals surface area (Å²) in [4.78, 5) is 15.1. The van der Waals surface area contributed by atoms with Crippen LogP contribution >= 0.6 is 0 Å². The van der Waals surface area contributed by atoms with Crippen LogP contribution in [0, 0.1) is 17.3 Å². The quantitative estimate of drug-likeness (QED) is 0.811. The summed E-state index contributed by atoms with van der Waals surface area (Å²) in [6.45, 7) is 7.59. The second-order valence-electron chi connectivity index (χ2n) is 7.36. The summed E-state index contributed by atoms with van der Waals surface area (Å²) in [6.07, 6.45) is 8.25. The minimum absolute atomic E-state index is 0.0198. The van der Waals surface area contributed by atoms with Crippen molar-refractivity contribution < 1.29 is 4.79 Å². The van der Waals surface area contributed by atoms with Crippen molar-refractivity contribution in [1.82, 2.24) is 10.2 Å². The Balaban J connectivity index is 1.84. The lowest BCUT2D eigenvalue weighted by Crippen LogP contribution is -2.51. The molecule has 1 heterocycles. The van der Waals surface area contributed by atoms with Gasteiger partial charge in [0.15, 0.2) is 0 Å². The number of likely N-dealkylation sites (tertiary alicyclic amines) is 1. The van der Waals surface area contributed by atoms with E-state index < -0.39 is 0 Å². The van der Waals surface area contributed by atoms with Crippen molar-refractivity contribution in [1.29, 1.82) is 0 Å². The molecule has 0 spiro atoms. The molecule has 116 valence electrons. The maximum absolute atomic E-state index is 12.9. The highest BCUT2D eigenvalue weighted by atomic mass is 16.2. The van der Waals surface area contributed by atoms with E-state index in [0.717, 1.165) is 44.8 Å². The van der Waals surface area contributed by atoms with Crippen LogP contribution in [0.1, 0.15) is 58.8 Å². The zero-order chi connectivity index (χ0) is 14.6. The maximum atomic E-state index is 12.9. The first-order valence-electron chi connectivity index (χ1n) is 8.51. The molecule has 1 amide bonds. The van der Waals surface area contributed by atoms with Crippen LogP contribution in [0.25, 0.3) is 0 Å². The van der Waals surface area contributed by atoms with Gasteiger partial charge in [-0.25, -0.2) is 0 Å². The minimum Gasteiger partial charge on any atom is -0.342 e. The number of rotatable bonds is 6. The average molecular weight is 280 g/mol. The number of carbonyl (C=O) groups is 1. The van der Waals surface area contributed by atoms with Gasteiger partial charge in [0.25, 0.3) is 0 Å². The van der Waals surface area contributed by atoms with Crippen molar-refractivity contribution in [2.75, 3.05) is 26.7 Å². The normalized spacial score (nSPS) is 22.9. The third-order valence-electron chi connectivity index (χ3n) is 5.27. The smallest absolute Gasteiger partial charge is 0.228 e. The molecule has 0 radical (unpaired) electrons. The first kappa shape index (κ1) is 15.8. The molecule has 1 N–H and O–H groups in total. The van der Waals surface area contributed by atoms with Crippen LogP contribution in [-0.4, -0.2) is 37.5 Å². The molecule has 2 aliphatic rings. The second kappa shape index (κ2) is 6.93. The van der Waals surface area contributed by atoms with Gasteiger partial charge in [-0.3, -0.25) is 4.79 Å². The van der Waals surface area contributed by atoms with Crippen LogP contribution in [0.4, 0.5) is 0 Å². The van der Waals surface area contributed by atoms with Gasteiger partial charge in [0.1, 0.15) is 0 Å². The molecule has 1 saturated carbocycles. The van der Waals surface area contributed by atoms with E-state index in [2.05, 4.69) is 24.1 Å². The SMILES string of the molecule is CNCCC1CCN(C(=O)C2(CC(C)C)CCC2)CC1. The largest absolute Gasteiger partial charge is 0.342 e. The standard InChI is InChI=1S/C17H32N2O/c1-14(2)13-17(8-4-9-17)16(20)19-11-6-15(7-12-19)5-10-18-3/h14-15,18H,4-13H2,1-3H3. The van der Waals surface area contributed by atoms with E-state index in [1.54, 1.807) is 0 Å². The first-order valence-corrected chi connectivity index (χ1v) is 8.51. The van der Waals surface area contributed by atoms with Crippen molar-refractivity contribution in [2.24, 2.45) is 17.3 Å². The molecule has 1 saturated heterocycles. The molecule has 2 rings (SSSR count). The fraction of sp³-hybridized carbons (Fsp3) is 0.941. The number of hydrogen-bond acceptors (Lipinski definition) is 2. The molecule has 0 aromatic heterocycles. The molecule has 20 heavy (non-hydrogen) atoms. The van der Waals surface area contributed by atoms with Crippen LogP contribution in [0.2, 0.25) is 0 Å². The fourth-order valence-electron chi connectivity index (χ4n) is 4.00. The molecular weight excluding hydrogens is 248 g/mol. The highest BCUT2D eigenvalue weighted by Crippen LogP contribution is 2.47. The number of carbonyl (C=O) groups excluding carboxylic acids is 1. The number of amides is 1. The Morgan fingerprint density at radius 1 is 1.30 bits per heavy atom. The summed E-state index contributed by atoms with van der Waals surface area (Å²) in [6, 6.07) is 0. The number of nitrogens with one attached hydrogen (secondary N) is 1. The van der Waals surface area contributed by atoms with Gasteiger partial charge in [-0.2, -0.15) is 0 Å². The monoisotopic (exact) mass is 280 g/mol. The Bertz CT molecular complexity index is 315. The Morgan fingerprint density at radius 2 is 1.95 bits per heavy atom. The molecule has 3 nitrogen and oxygen atoms in total. The summed E-state index contributed by atoms with van der Waals surface area (Å²) in [5, 5.41) is 3.23. The Labute approximate surface area is 124 Å². The minimum atomic E-state index is 0.0198. The van der Waals surface area contributed by atoms with Gasteiger partial charge in [0, 0.05) is 18.5 Å². The molecule has 3 heteroatoms. The molecular formula is C17H32N2O. The number of hydrogen-bond donors (Lipinski definition) is 1. The van der Waals surface area contributed by atoms with Gasteiger partial charge in [-0.1, -0.05) is 20.3 Å². The van der Waals surface area contributed by atoms with Gasteiger partial charge in [0.05, 0.1) is 0 Å². The molecule has 0 unspecified atom stereocenters. The van der Waals surface area contributed by atoms with Crippen molar-refractivity contribution in [3.05, 3.63) is 0 Å². The lowest BCUT2D eigenvalue weighted by molar-refractivity contribution is -0.150. The molecule has 0 aromatic rings. The van der Waals surface area contributed by atoms with E-state index in [4.69, 9.17) is 0 Å². The summed E-state index contributed by atoms with van der Waals surface area (Å²) >= 11 is 0. The van der Waals surface area contributed by atoms with Gasteiger partial charge < -0.3 is 10.2 Å². The summed E-state index contributed by atoms with van der Waals surface area (Å²) in [5.74, 6) is 1.92. The second-order valence-corrected chi connectivity index (χ2v) is 7.36. The van der Waals surface area contributed by atoms with Gasteiger partial charge in [-0.05, 0) is 64.0 Å². The highest BCUT2D eigenvalue weighted by Gasteiger charge is 2.46. The van der Waals surface area contributed by atoms with Gasteiger partial charge in [-0.15, -0.1) is 0 Å². The lowest BCUT2D eigenvalue weighted by atomic mass is 9.63. The average Bonchev–Trinajstić information content (AvgIpc) is 2.40. The predicted octanol–water partition coefficient (Wildman–Crippen LogP) is 3.05. The van der Waals surface area contributed by atoms with Gasteiger partial charge >= 0.3 is 0 Å².